The van der Waals surface area contributed by atoms with Crippen LogP contribution in [0, 0.1) is 16.0 Å². The number of hydrogen-bond acceptors (Lipinski definition) is 5. The first-order chi connectivity index (χ1) is 9.97. The molecule has 1 rings (SSSR count). The van der Waals surface area contributed by atoms with Gasteiger partial charge in [0, 0.05) is 18.6 Å². The second-order valence-corrected chi connectivity index (χ2v) is 4.91. The highest BCUT2D eigenvalue weighted by molar-refractivity contribution is 5.92. The third-order valence-corrected chi connectivity index (χ3v) is 3.19. The number of rotatable bonds is 8. The van der Waals surface area contributed by atoms with E-state index in [2.05, 4.69) is 5.32 Å². The number of hydrogen-bond donors (Lipinski definition) is 2. The highest BCUT2D eigenvalue weighted by atomic mass is 16.6. The molecular weight excluding hydrogens is 274 g/mol. The summed E-state index contributed by atoms with van der Waals surface area (Å²) >= 11 is 0. The number of nitrogens with zero attached hydrogens (tertiary/aromatic N) is 1. The van der Waals surface area contributed by atoms with E-state index in [9.17, 15) is 14.9 Å². The van der Waals surface area contributed by atoms with Crippen LogP contribution < -0.4 is 15.8 Å². The Morgan fingerprint density at radius 3 is 2.76 bits per heavy atom. The molecule has 116 valence electrons. The van der Waals surface area contributed by atoms with Gasteiger partial charge >= 0.3 is 0 Å². The number of nitro benzene ring substituents is 1. The molecule has 0 bridgehead atoms. The fourth-order valence-electron chi connectivity index (χ4n) is 1.93. The van der Waals surface area contributed by atoms with Crippen molar-refractivity contribution in [3.05, 3.63) is 28.3 Å². The zero-order valence-electron chi connectivity index (χ0n) is 12.3. The highest BCUT2D eigenvalue weighted by Crippen LogP contribution is 2.29. The van der Waals surface area contributed by atoms with Crippen molar-refractivity contribution in [1.29, 1.82) is 0 Å². The second kappa shape index (κ2) is 8.21. The van der Waals surface area contributed by atoms with Gasteiger partial charge in [-0.3, -0.25) is 14.9 Å². The fraction of sp³-hybridized carbons (Fsp3) is 0.500. The Bertz CT molecular complexity index is 505. The predicted molar refractivity (Wildman–Crippen MR) is 80.3 cm³/mol. The molecule has 0 fully saturated rings. The summed E-state index contributed by atoms with van der Waals surface area (Å²) in [6, 6.07) is 4.09. The average molecular weight is 295 g/mol. The smallest absolute Gasteiger partial charge is 0.271 e. The number of ether oxygens (including phenoxy) is 1. The SMILES string of the molecule is COc1ccc([N+](=O)[O-])cc1NC(=O)CCC(C)CCN. The Morgan fingerprint density at radius 1 is 1.48 bits per heavy atom. The lowest BCUT2D eigenvalue weighted by atomic mass is 10.0. The zero-order valence-corrected chi connectivity index (χ0v) is 12.3. The molecule has 1 unspecified atom stereocenters. The summed E-state index contributed by atoms with van der Waals surface area (Å²) in [4.78, 5) is 22.2. The van der Waals surface area contributed by atoms with Gasteiger partial charge in [0.1, 0.15) is 5.75 Å². The standard InChI is InChI=1S/C14H21N3O4/c1-10(7-8-15)3-6-14(18)16-12-9-11(17(19)20)4-5-13(12)21-2/h4-5,9-10H,3,6-8,15H2,1-2H3,(H,16,18). The first-order valence-corrected chi connectivity index (χ1v) is 6.80. The van der Waals surface area contributed by atoms with E-state index in [0.717, 1.165) is 12.8 Å². The van der Waals surface area contributed by atoms with Crippen molar-refractivity contribution in [2.24, 2.45) is 11.7 Å². The van der Waals surface area contributed by atoms with Gasteiger partial charge in [0.2, 0.25) is 5.91 Å². The molecule has 7 heteroatoms. The van der Waals surface area contributed by atoms with E-state index in [1.807, 2.05) is 6.92 Å². The Balaban J connectivity index is 2.70. The summed E-state index contributed by atoms with van der Waals surface area (Å²) in [6.45, 7) is 2.63. The summed E-state index contributed by atoms with van der Waals surface area (Å²) in [6.07, 6.45) is 1.93. The van der Waals surface area contributed by atoms with Gasteiger partial charge in [-0.05, 0) is 31.4 Å². The van der Waals surface area contributed by atoms with Gasteiger partial charge in [0.25, 0.3) is 5.69 Å². The molecule has 0 aliphatic heterocycles. The van der Waals surface area contributed by atoms with Crippen LogP contribution in [0.2, 0.25) is 0 Å². The van der Waals surface area contributed by atoms with Gasteiger partial charge in [-0.25, -0.2) is 0 Å². The number of carbonyl (C=O) groups is 1. The lowest BCUT2D eigenvalue weighted by Gasteiger charge is -2.12. The van der Waals surface area contributed by atoms with Gasteiger partial charge in [0.05, 0.1) is 17.7 Å². The van der Waals surface area contributed by atoms with Crippen molar-refractivity contribution in [3.8, 4) is 5.75 Å². The van der Waals surface area contributed by atoms with Gasteiger partial charge < -0.3 is 15.8 Å². The van der Waals surface area contributed by atoms with Crippen molar-refractivity contribution in [2.75, 3.05) is 19.0 Å². The number of nitrogens with two attached hydrogens (primary N) is 1. The predicted octanol–water partition coefficient (Wildman–Crippen LogP) is 2.31. The number of nitro groups is 1. The second-order valence-electron chi connectivity index (χ2n) is 4.91. The Kier molecular flexibility index (Phi) is 6.61. The lowest BCUT2D eigenvalue weighted by Crippen LogP contribution is -2.14. The van der Waals surface area contributed by atoms with Crippen LogP contribution in [0.4, 0.5) is 11.4 Å². The maximum Gasteiger partial charge on any atom is 0.271 e. The van der Waals surface area contributed by atoms with Crippen molar-refractivity contribution in [3.63, 3.8) is 0 Å². The quantitative estimate of drug-likeness (QED) is 0.565. The largest absolute Gasteiger partial charge is 0.495 e. The number of nitrogens with one attached hydrogen (secondary N) is 1. The van der Waals surface area contributed by atoms with E-state index in [4.69, 9.17) is 10.5 Å². The van der Waals surface area contributed by atoms with E-state index in [1.165, 1.54) is 25.3 Å². The zero-order chi connectivity index (χ0) is 15.8. The maximum atomic E-state index is 11.9. The van der Waals surface area contributed by atoms with Gasteiger partial charge in [-0.2, -0.15) is 0 Å². The number of carbonyl (C=O) groups excluding carboxylic acids is 1. The molecule has 0 aliphatic rings. The Labute approximate surface area is 123 Å². The number of methoxy groups -OCH3 is 1. The van der Waals surface area contributed by atoms with Crippen LogP contribution in [0.15, 0.2) is 18.2 Å². The molecule has 1 aromatic rings. The molecular formula is C14H21N3O4. The molecule has 7 nitrogen and oxygen atoms in total. The highest BCUT2D eigenvalue weighted by Gasteiger charge is 2.14. The van der Waals surface area contributed by atoms with Crippen LogP contribution in [-0.4, -0.2) is 24.5 Å². The molecule has 0 spiro atoms. The molecule has 0 radical (unpaired) electrons. The van der Waals surface area contributed by atoms with Crippen LogP contribution in [0.25, 0.3) is 0 Å². The number of non-ortho nitro benzene ring substituents is 1. The summed E-state index contributed by atoms with van der Waals surface area (Å²) in [5.41, 5.74) is 5.68. The summed E-state index contributed by atoms with van der Waals surface area (Å²) < 4.78 is 5.09. The van der Waals surface area contributed by atoms with E-state index in [0.29, 0.717) is 30.3 Å². The van der Waals surface area contributed by atoms with Crippen LogP contribution in [0.5, 0.6) is 5.75 Å². The molecule has 0 aromatic heterocycles. The van der Waals surface area contributed by atoms with Crippen molar-refractivity contribution in [1.82, 2.24) is 0 Å². The molecule has 0 aliphatic carbocycles. The molecule has 3 N–H and O–H groups in total. The van der Waals surface area contributed by atoms with Crippen LogP contribution >= 0.6 is 0 Å². The first kappa shape index (κ1) is 16.9. The molecule has 0 saturated heterocycles. The van der Waals surface area contributed by atoms with Crippen molar-refractivity contribution >= 4 is 17.3 Å². The third kappa shape index (κ3) is 5.39. The van der Waals surface area contributed by atoms with E-state index in [-0.39, 0.29) is 11.6 Å². The molecule has 1 atom stereocenters. The van der Waals surface area contributed by atoms with E-state index >= 15 is 0 Å². The fourth-order valence-corrected chi connectivity index (χ4v) is 1.93. The van der Waals surface area contributed by atoms with Crippen LogP contribution in [0.3, 0.4) is 0 Å². The first-order valence-electron chi connectivity index (χ1n) is 6.80. The average Bonchev–Trinajstić information content (AvgIpc) is 2.45. The normalized spacial score (nSPS) is 11.8. The maximum absolute atomic E-state index is 11.9. The van der Waals surface area contributed by atoms with Crippen molar-refractivity contribution < 1.29 is 14.5 Å². The topological polar surface area (TPSA) is 107 Å². The third-order valence-electron chi connectivity index (χ3n) is 3.19. The van der Waals surface area contributed by atoms with Gasteiger partial charge in [-0.1, -0.05) is 6.92 Å². The summed E-state index contributed by atoms with van der Waals surface area (Å²) in [5, 5.41) is 13.4. The molecule has 1 aromatic carbocycles. The number of anilines is 1. The molecule has 0 heterocycles. The molecule has 21 heavy (non-hydrogen) atoms. The van der Waals surface area contributed by atoms with Crippen LogP contribution in [0.1, 0.15) is 26.2 Å². The monoisotopic (exact) mass is 295 g/mol. The van der Waals surface area contributed by atoms with E-state index < -0.39 is 4.92 Å². The van der Waals surface area contributed by atoms with Crippen molar-refractivity contribution in [2.45, 2.75) is 26.2 Å². The Morgan fingerprint density at radius 2 is 2.19 bits per heavy atom. The van der Waals surface area contributed by atoms with E-state index in [1.54, 1.807) is 0 Å². The lowest BCUT2D eigenvalue weighted by molar-refractivity contribution is -0.384. The van der Waals surface area contributed by atoms with Gasteiger partial charge in [-0.15, -0.1) is 0 Å². The number of amides is 1. The summed E-state index contributed by atoms with van der Waals surface area (Å²) in [5.74, 6) is 0.564. The summed E-state index contributed by atoms with van der Waals surface area (Å²) in [7, 11) is 1.44. The Hall–Kier alpha value is -2.15. The van der Waals surface area contributed by atoms with Crippen LogP contribution in [-0.2, 0) is 4.79 Å². The van der Waals surface area contributed by atoms with Gasteiger partial charge in [0.15, 0.2) is 0 Å². The minimum absolute atomic E-state index is 0.0948. The minimum Gasteiger partial charge on any atom is -0.495 e. The molecule has 0 saturated carbocycles. The number of benzene rings is 1. The molecule has 1 amide bonds. The minimum atomic E-state index is -0.515.